The zero-order valence-corrected chi connectivity index (χ0v) is 17.5. The molecule has 2 aromatic carbocycles. The van der Waals surface area contributed by atoms with Crippen LogP contribution in [0.2, 0.25) is 0 Å². The summed E-state index contributed by atoms with van der Waals surface area (Å²) in [5.41, 5.74) is 1.83. The Bertz CT molecular complexity index is 1090. The third-order valence-electron chi connectivity index (χ3n) is 4.73. The number of ketones is 1. The summed E-state index contributed by atoms with van der Waals surface area (Å²) in [4.78, 5) is 25.3. The van der Waals surface area contributed by atoms with Gasteiger partial charge in [-0.15, -0.1) is 0 Å². The molecule has 0 aliphatic heterocycles. The predicted molar refractivity (Wildman–Crippen MR) is 112 cm³/mol. The van der Waals surface area contributed by atoms with Gasteiger partial charge in [-0.05, 0) is 37.3 Å². The molecule has 1 heterocycles. The van der Waals surface area contributed by atoms with Crippen molar-refractivity contribution in [2.75, 3.05) is 19.5 Å². The SMILES string of the molecule is COc1ccc(C(=O)c2oc3cc(NC(=O)C(C)(C)C)ccc3c2C)cc1OC. The van der Waals surface area contributed by atoms with Gasteiger partial charge in [0, 0.05) is 33.7 Å². The van der Waals surface area contributed by atoms with Crippen LogP contribution in [0.3, 0.4) is 0 Å². The van der Waals surface area contributed by atoms with Crippen LogP contribution in [0.4, 0.5) is 5.69 Å². The topological polar surface area (TPSA) is 77.8 Å². The van der Waals surface area contributed by atoms with Gasteiger partial charge in [0.05, 0.1) is 14.2 Å². The average Bonchev–Trinajstić information content (AvgIpc) is 3.02. The molecule has 0 saturated carbocycles. The van der Waals surface area contributed by atoms with Gasteiger partial charge < -0.3 is 19.2 Å². The molecule has 0 unspecified atom stereocenters. The van der Waals surface area contributed by atoms with E-state index in [1.165, 1.54) is 7.11 Å². The van der Waals surface area contributed by atoms with Crippen LogP contribution in [0.1, 0.15) is 42.5 Å². The minimum absolute atomic E-state index is 0.0956. The van der Waals surface area contributed by atoms with E-state index in [1.807, 2.05) is 33.8 Å². The first kappa shape index (κ1) is 20.5. The lowest BCUT2D eigenvalue weighted by Gasteiger charge is -2.17. The van der Waals surface area contributed by atoms with E-state index in [1.54, 1.807) is 37.4 Å². The molecule has 6 nitrogen and oxygen atoms in total. The smallest absolute Gasteiger partial charge is 0.229 e. The number of carbonyl (C=O) groups excluding carboxylic acids is 2. The fourth-order valence-electron chi connectivity index (χ4n) is 2.95. The van der Waals surface area contributed by atoms with Gasteiger partial charge in [0.1, 0.15) is 5.58 Å². The van der Waals surface area contributed by atoms with Crippen LogP contribution < -0.4 is 14.8 Å². The number of nitrogens with one attached hydrogen (secondary N) is 1. The van der Waals surface area contributed by atoms with Gasteiger partial charge in [-0.3, -0.25) is 9.59 Å². The molecule has 0 bridgehead atoms. The Morgan fingerprint density at radius 3 is 2.28 bits per heavy atom. The highest BCUT2D eigenvalue weighted by Crippen LogP contribution is 2.32. The van der Waals surface area contributed by atoms with Gasteiger partial charge >= 0.3 is 0 Å². The number of furan rings is 1. The first-order valence-electron chi connectivity index (χ1n) is 9.27. The Morgan fingerprint density at radius 1 is 0.966 bits per heavy atom. The second-order valence-corrected chi connectivity index (χ2v) is 7.87. The minimum Gasteiger partial charge on any atom is -0.493 e. The lowest BCUT2D eigenvalue weighted by molar-refractivity contribution is -0.123. The maximum absolute atomic E-state index is 13.0. The number of hydrogen-bond donors (Lipinski definition) is 1. The monoisotopic (exact) mass is 395 g/mol. The van der Waals surface area contributed by atoms with Crippen molar-refractivity contribution < 1.29 is 23.5 Å². The first-order valence-corrected chi connectivity index (χ1v) is 9.27. The van der Waals surface area contributed by atoms with Crippen LogP contribution in [-0.4, -0.2) is 25.9 Å². The van der Waals surface area contributed by atoms with Crippen molar-refractivity contribution in [3.05, 3.63) is 53.3 Å². The minimum atomic E-state index is -0.511. The molecule has 3 aromatic rings. The van der Waals surface area contributed by atoms with Gasteiger partial charge in [0.25, 0.3) is 0 Å². The van der Waals surface area contributed by atoms with E-state index in [0.29, 0.717) is 28.3 Å². The molecule has 0 aliphatic rings. The van der Waals surface area contributed by atoms with Gasteiger partial charge in [-0.1, -0.05) is 20.8 Å². The van der Waals surface area contributed by atoms with Gasteiger partial charge in [-0.2, -0.15) is 0 Å². The van der Waals surface area contributed by atoms with Crippen LogP contribution >= 0.6 is 0 Å². The average molecular weight is 395 g/mol. The molecule has 6 heteroatoms. The summed E-state index contributed by atoms with van der Waals surface area (Å²) in [5.74, 6) is 0.928. The molecule has 0 radical (unpaired) electrons. The first-order chi connectivity index (χ1) is 13.7. The molecular formula is C23H25NO5. The standard InChI is InChI=1S/C23H25NO5/c1-13-16-9-8-15(24-22(26)23(2,3)4)12-18(16)29-21(13)20(25)14-7-10-17(27-5)19(11-14)28-6/h7-12H,1-6H3,(H,24,26). The van der Waals surface area contributed by atoms with E-state index in [9.17, 15) is 9.59 Å². The molecule has 3 rings (SSSR count). The second kappa shape index (κ2) is 7.62. The quantitative estimate of drug-likeness (QED) is 0.617. The molecule has 0 fully saturated rings. The third-order valence-corrected chi connectivity index (χ3v) is 4.73. The summed E-state index contributed by atoms with van der Waals surface area (Å²) in [7, 11) is 3.06. The van der Waals surface area contributed by atoms with Crippen LogP contribution in [0.15, 0.2) is 40.8 Å². The summed E-state index contributed by atoms with van der Waals surface area (Å²) >= 11 is 0. The molecule has 0 spiro atoms. The Kier molecular flexibility index (Phi) is 5.38. The molecule has 1 aromatic heterocycles. The highest BCUT2D eigenvalue weighted by atomic mass is 16.5. The summed E-state index contributed by atoms with van der Waals surface area (Å²) in [6.07, 6.45) is 0. The molecule has 29 heavy (non-hydrogen) atoms. The molecule has 0 atom stereocenters. The number of amides is 1. The molecule has 152 valence electrons. The molecule has 0 saturated heterocycles. The van der Waals surface area contributed by atoms with E-state index in [0.717, 1.165) is 10.9 Å². The van der Waals surface area contributed by atoms with Crippen molar-refractivity contribution in [1.82, 2.24) is 0 Å². The highest BCUT2D eigenvalue weighted by molar-refractivity contribution is 6.11. The van der Waals surface area contributed by atoms with Crippen molar-refractivity contribution in [3.8, 4) is 11.5 Å². The van der Waals surface area contributed by atoms with E-state index in [-0.39, 0.29) is 17.5 Å². The molecule has 0 aliphatic carbocycles. The van der Waals surface area contributed by atoms with Gasteiger partial charge in [0.15, 0.2) is 17.3 Å². The predicted octanol–water partition coefficient (Wildman–Crippen LogP) is 4.97. The van der Waals surface area contributed by atoms with Crippen molar-refractivity contribution in [2.45, 2.75) is 27.7 Å². The van der Waals surface area contributed by atoms with Gasteiger partial charge in [0.2, 0.25) is 11.7 Å². The largest absolute Gasteiger partial charge is 0.493 e. The van der Waals surface area contributed by atoms with E-state index in [2.05, 4.69) is 5.32 Å². The summed E-state index contributed by atoms with van der Waals surface area (Å²) in [5, 5.41) is 3.70. The number of rotatable bonds is 5. The number of carbonyl (C=O) groups is 2. The Hall–Kier alpha value is -3.28. The lowest BCUT2D eigenvalue weighted by atomic mass is 9.95. The number of methoxy groups -OCH3 is 2. The maximum Gasteiger partial charge on any atom is 0.229 e. The summed E-state index contributed by atoms with van der Waals surface area (Å²) in [6.45, 7) is 7.38. The van der Waals surface area contributed by atoms with Crippen LogP contribution in [0, 0.1) is 12.3 Å². The lowest BCUT2D eigenvalue weighted by Crippen LogP contribution is -2.27. The maximum atomic E-state index is 13.0. The van der Waals surface area contributed by atoms with E-state index < -0.39 is 5.41 Å². The third kappa shape index (κ3) is 3.97. The number of ether oxygens (including phenoxy) is 2. The Morgan fingerprint density at radius 2 is 1.66 bits per heavy atom. The fraction of sp³-hybridized carbons (Fsp3) is 0.304. The van der Waals surface area contributed by atoms with Crippen LogP contribution in [0.5, 0.6) is 11.5 Å². The number of hydrogen-bond acceptors (Lipinski definition) is 5. The fourth-order valence-corrected chi connectivity index (χ4v) is 2.95. The van der Waals surface area contributed by atoms with Crippen molar-refractivity contribution in [2.24, 2.45) is 5.41 Å². The van der Waals surface area contributed by atoms with Crippen molar-refractivity contribution in [3.63, 3.8) is 0 Å². The van der Waals surface area contributed by atoms with Crippen LogP contribution in [0.25, 0.3) is 11.0 Å². The number of aryl methyl sites for hydroxylation is 1. The number of benzene rings is 2. The number of fused-ring (bicyclic) bond motifs is 1. The second-order valence-electron chi connectivity index (χ2n) is 7.87. The van der Waals surface area contributed by atoms with E-state index >= 15 is 0 Å². The summed E-state index contributed by atoms with van der Waals surface area (Å²) in [6, 6.07) is 10.4. The normalized spacial score (nSPS) is 11.4. The van der Waals surface area contributed by atoms with E-state index in [4.69, 9.17) is 13.9 Å². The zero-order valence-electron chi connectivity index (χ0n) is 17.5. The van der Waals surface area contributed by atoms with Gasteiger partial charge in [-0.25, -0.2) is 0 Å². The van der Waals surface area contributed by atoms with Crippen LogP contribution in [-0.2, 0) is 4.79 Å². The molecule has 1 amide bonds. The summed E-state index contributed by atoms with van der Waals surface area (Å²) < 4.78 is 16.4. The number of anilines is 1. The molecule has 1 N–H and O–H groups in total. The zero-order chi connectivity index (χ0) is 21.3. The van der Waals surface area contributed by atoms with Crippen molar-refractivity contribution in [1.29, 1.82) is 0 Å². The van der Waals surface area contributed by atoms with Crippen molar-refractivity contribution >= 4 is 28.3 Å². The molecular weight excluding hydrogens is 370 g/mol. The Balaban J connectivity index is 1.97. The Labute approximate surface area is 169 Å². The highest BCUT2D eigenvalue weighted by Gasteiger charge is 2.23.